The van der Waals surface area contributed by atoms with Crippen molar-refractivity contribution in [3.63, 3.8) is 0 Å². The molecule has 0 aliphatic heterocycles. The van der Waals surface area contributed by atoms with Crippen LogP contribution >= 0.6 is 12.2 Å². The summed E-state index contributed by atoms with van der Waals surface area (Å²) in [6.07, 6.45) is 3.01. The number of nitrogens with one attached hydrogen (secondary N) is 1. The van der Waals surface area contributed by atoms with Gasteiger partial charge < -0.3 is 10.2 Å². The van der Waals surface area contributed by atoms with E-state index >= 15 is 0 Å². The highest BCUT2D eigenvalue weighted by Gasteiger charge is 2.23. The first-order chi connectivity index (χ1) is 6.27. The van der Waals surface area contributed by atoms with Crippen LogP contribution in [0.15, 0.2) is 0 Å². The number of nitriles is 1. The average molecular weight is 197 g/mol. The zero-order valence-electron chi connectivity index (χ0n) is 7.92. The predicted molar refractivity (Wildman–Crippen MR) is 56.2 cm³/mol. The molecule has 1 saturated carbocycles. The summed E-state index contributed by atoms with van der Waals surface area (Å²) >= 11 is 5.21. The summed E-state index contributed by atoms with van der Waals surface area (Å²) in [6, 6.07) is 2.73. The van der Waals surface area contributed by atoms with E-state index in [1.165, 1.54) is 12.8 Å². The van der Waals surface area contributed by atoms with E-state index in [1.54, 1.807) is 0 Å². The maximum absolute atomic E-state index is 8.45. The van der Waals surface area contributed by atoms with Gasteiger partial charge in [-0.25, -0.2) is 0 Å². The highest BCUT2D eigenvalue weighted by molar-refractivity contribution is 7.80. The Bertz CT molecular complexity index is 217. The predicted octanol–water partition coefficient (Wildman–Crippen LogP) is 1.26. The molecular weight excluding hydrogens is 182 g/mol. The molecule has 0 unspecified atom stereocenters. The average Bonchev–Trinajstić information content (AvgIpc) is 2.90. The van der Waals surface area contributed by atoms with Gasteiger partial charge in [-0.2, -0.15) is 5.26 Å². The van der Waals surface area contributed by atoms with Crippen molar-refractivity contribution in [2.75, 3.05) is 13.1 Å². The van der Waals surface area contributed by atoms with Crippen LogP contribution in [-0.4, -0.2) is 29.1 Å². The number of rotatable bonds is 4. The fourth-order valence-corrected chi connectivity index (χ4v) is 1.47. The van der Waals surface area contributed by atoms with Crippen LogP contribution in [0.25, 0.3) is 0 Å². The topological polar surface area (TPSA) is 39.1 Å². The van der Waals surface area contributed by atoms with Crippen LogP contribution in [-0.2, 0) is 0 Å². The van der Waals surface area contributed by atoms with Gasteiger partial charge in [-0.05, 0) is 32.0 Å². The first kappa shape index (κ1) is 10.3. The van der Waals surface area contributed by atoms with Crippen LogP contribution in [0.1, 0.15) is 26.2 Å². The Kier molecular flexibility index (Phi) is 3.97. The largest absolute Gasteiger partial charge is 0.360 e. The fraction of sp³-hybridized carbons (Fsp3) is 0.778. The minimum absolute atomic E-state index is 0.542. The van der Waals surface area contributed by atoms with Crippen molar-refractivity contribution in [3.05, 3.63) is 0 Å². The second kappa shape index (κ2) is 5.03. The molecule has 1 aliphatic carbocycles. The quantitative estimate of drug-likeness (QED) is 0.689. The van der Waals surface area contributed by atoms with Gasteiger partial charge in [-0.3, -0.25) is 0 Å². The molecule has 3 nitrogen and oxygen atoms in total. The van der Waals surface area contributed by atoms with Crippen LogP contribution in [0.3, 0.4) is 0 Å². The summed E-state index contributed by atoms with van der Waals surface area (Å²) in [6.45, 7) is 3.67. The highest BCUT2D eigenvalue weighted by atomic mass is 32.1. The first-order valence-corrected chi connectivity index (χ1v) is 5.11. The molecule has 1 rings (SSSR count). The lowest BCUT2D eigenvalue weighted by atomic mass is 10.4. The Labute approximate surface area is 84.7 Å². The van der Waals surface area contributed by atoms with E-state index in [9.17, 15) is 0 Å². The molecule has 0 spiro atoms. The molecule has 1 fully saturated rings. The van der Waals surface area contributed by atoms with Crippen molar-refractivity contribution >= 4 is 17.3 Å². The van der Waals surface area contributed by atoms with Gasteiger partial charge in [0.2, 0.25) is 0 Å². The normalized spacial score (nSPS) is 14.8. The minimum Gasteiger partial charge on any atom is -0.360 e. The van der Waals surface area contributed by atoms with Gasteiger partial charge in [-0.15, -0.1) is 0 Å². The van der Waals surface area contributed by atoms with Crippen LogP contribution in [0.4, 0.5) is 0 Å². The minimum atomic E-state index is 0.542. The molecule has 0 atom stereocenters. The van der Waals surface area contributed by atoms with E-state index in [4.69, 9.17) is 17.5 Å². The Morgan fingerprint density at radius 1 is 1.69 bits per heavy atom. The lowest BCUT2D eigenvalue weighted by Crippen LogP contribution is -2.41. The van der Waals surface area contributed by atoms with Crippen molar-refractivity contribution < 1.29 is 0 Å². The number of thiocarbonyl (C=S) groups is 1. The molecule has 0 heterocycles. The Morgan fingerprint density at radius 2 is 2.38 bits per heavy atom. The summed E-state index contributed by atoms with van der Waals surface area (Å²) in [5, 5.41) is 12.5. The summed E-state index contributed by atoms with van der Waals surface area (Å²) in [7, 11) is 0. The van der Waals surface area contributed by atoms with Crippen LogP contribution < -0.4 is 5.32 Å². The highest BCUT2D eigenvalue weighted by Crippen LogP contribution is 2.18. The monoisotopic (exact) mass is 197 g/mol. The number of nitrogens with zero attached hydrogens (tertiary/aromatic N) is 2. The number of hydrogen-bond donors (Lipinski definition) is 1. The maximum Gasteiger partial charge on any atom is 0.169 e. The van der Waals surface area contributed by atoms with Crippen molar-refractivity contribution in [1.82, 2.24) is 10.2 Å². The van der Waals surface area contributed by atoms with E-state index in [1.807, 2.05) is 4.90 Å². The molecular formula is C9H15N3S. The molecule has 4 heteroatoms. The third-order valence-corrected chi connectivity index (χ3v) is 2.44. The third kappa shape index (κ3) is 3.60. The Balaban J connectivity index is 2.26. The molecule has 13 heavy (non-hydrogen) atoms. The van der Waals surface area contributed by atoms with Crippen molar-refractivity contribution in [1.29, 1.82) is 5.26 Å². The zero-order chi connectivity index (χ0) is 9.68. The summed E-state index contributed by atoms with van der Waals surface area (Å²) in [5.41, 5.74) is 0. The van der Waals surface area contributed by atoms with Crippen molar-refractivity contribution in [2.45, 2.75) is 32.2 Å². The fourth-order valence-electron chi connectivity index (χ4n) is 1.08. The van der Waals surface area contributed by atoms with Crippen LogP contribution in [0.2, 0.25) is 0 Å². The maximum atomic E-state index is 8.45. The van der Waals surface area contributed by atoms with Gasteiger partial charge in [0.25, 0.3) is 0 Å². The Hall–Kier alpha value is -0.820. The van der Waals surface area contributed by atoms with Gasteiger partial charge in [0, 0.05) is 19.1 Å². The Morgan fingerprint density at radius 3 is 2.85 bits per heavy atom. The van der Waals surface area contributed by atoms with Gasteiger partial charge in [-0.1, -0.05) is 0 Å². The molecule has 72 valence electrons. The summed E-state index contributed by atoms with van der Waals surface area (Å²) in [4.78, 5) is 2.04. The SMILES string of the molecule is CCN(CCC#N)C(=S)NC1CC1. The summed E-state index contributed by atoms with van der Waals surface area (Å²) in [5.74, 6) is 0. The molecule has 1 N–H and O–H groups in total. The van der Waals surface area contributed by atoms with E-state index in [-0.39, 0.29) is 0 Å². The van der Waals surface area contributed by atoms with E-state index in [2.05, 4.69) is 18.3 Å². The number of hydrogen-bond acceptors (Lipinski definition) is 2. The van der Waals surface area contributed by atoms with Crippen molar-refractivity contribution in [3.8, 4) is 6.07 Å². The smallest absolute Gasteiger partial charge is 0.169 e. The molecule has 0 aromatic carbocycles. The van der Waals surface area contributed by atoms with Crippen LogP contribution in [0.5, 0.6) is 0 Å². The van der Waals surface area contributed by atoms with Gasteiger partial charge in [0.05, 0.1) is 12.5 Å². The zero-order valence-corrected chi connectivity index (χ0v) is 8.73. The van der Waals surface area contributed by atoms with E-state index < -0.39 is 0 Å². The third-order valence-electron chi connectivity index (χ3n) is 2.07. The molecule has 0 bridgehead atoms. The molecule has 1 aliphatic rings. The molecule has 0 aromatic rings. The second-order valence-corrected chi connectivity index (χ2v) is 3.60. The molecule has 0 aromatic heterocycles. The van der Waals surface area contributed by atoms with Gasteiger partial charge >= 0.3 is 0 Å². The lowest BCUT2D eigenvalue weighted by Gasteiger charge is -2.23. The van der Waals surface area contributed by atoms with Crippen molar-refractivity contribution in [2.24, 2.45) is 0 Å². The van der Waals surface area contributed by atoms with Gasteiger partial charge in [0.15, 0.2) is 5.11 Å². The standard InChI is InChI=1S/C9H15N3S/c1-2-12(7-3-6-10)9(13)11-8-4-5-8/h8H,2-5,7H2,1H3,(H,11,13). The molecule has 0 radical (unpaired) electrons. The first-order valence-electron chi connectivity index (χ1n) is 4.70. The second-order valence-electron chi connectivity index (χ2n) is 3.21. The molecule has 0 saturated heterocycles. The molecule has 0 amide bonds. The van der Waals surface area contributed by atoms with E-state index in [0.29, 0.717) is 12.5 Å². The van der Waals surface area contributed by atoms with E-state index in [0.717, 1.165) is 18.2 Å². The lowest BCUT2D eigenvalue weighted by molar-refractivity contribution is 0.441. The summed E-state index contributed by atoms with van der Waals surface area (Å²) < 4.78 is 0. The van der Waals surface area contributed by atoms with Crippen LogP contribution in [0, 0.1) is 11.3 Å². The van der Waals surface area contributed by atoms with Gasteiger partial charge in [0.1, 0.15) is 0 Å².